The molecule has 0 aliphatic rings. The van der Waals surface area contributed by atoms with Crippen LogP contribution in [0.5, 0.6) is 0 Å². The van der Waals surface area contributed by atoms with E-state index >= 15 is 0 Å². The van der Waals surface area contributed by atoms with Crippen molar-refractivity contribution in [1.29, 1.82) is 0 Å². The molecule has 0 aliphatic carbocycles. The molecule has 1 N–H and O–H groups in total. The van der Waals surface area contributed by atoms with Crippen LogP contribution >= 0.6 is 0 Å². The van der Waals surface area contributed by atoms with Gasteiger partial charge in [-0.1, -0.05) is 0 Å². The second-order valence-electron chi connectivity index (χ2n) is 3.68. The van der Waals surface area contributed by atoms with Crippen LogP contribution < -0.4 is 0 Å². The van der Waals surface area contributed by atoms with Crippen molar-refractivity contribution in [2.24, 2.45) is 7.05 Å². The minimum absolute atomic E-state index is 0.0976. The van der Waals surface area contributed by atoms with Crippen LogP contribution in [0, 0.1) is 0 Å². The van der Waals surface area contributed by atoms with E-state index in [2.05, 4.69) is 5.10 Å². The van der Waals surface area contributed by atoms with Crippen molar-refractivity contribution in [1.82, 2.24) is 14.7 Å². The van der Waals surface area contributed by atoms with Crippen LogP contribution in [-0.4, -0.2) is 45.0 Å². The fraction of sp³-hybridized carbons (Fsp3) is 0.556. The number of nitrogens with zero attached hydrogens (tertiary/aromatic N) is 3. The molecule has 0 radical (unpaired) electrons. The van der Waals surface area contributed by atoms with E-state index in [4.69, 9.17) is 5.11 Å². The molecule has 8 heteroatoms. The van der Waals surface area contributed by atoms with Gasteiger partial charge in [0.05, 0.1) is 19.3 Å². The van der Waals surface area contributed by atoms with Crippen molar-refractivity contribution in [2.75, 3.05) is 13.1 Å². The van der Waals surface area contributed by atoms with E-state index in [1.54, 1.807) is 13.2 Å². The fourth-order valence-electron chi connectivity index (χ4n) is 1.42. The van der Waals surface area contributed by atoms with Gasteiger partial charge in [0.2, 0.25) is 0 Å². The Hall–Kier alpha value is -1.57. The Labute approximate surface area is 95.4 Å². The van der Waals surface area contributed by atoms with Gasteiger partial charge in [-0.25, -0.2) is 0 Å². The van der Waals surface area contributed by atoms with Crippen LogP contribution in [0.2, 0.25) is 0 Å². The Morgan fingerprint density at radius 1 is 1.59 bits per heavy atom. The number of alkyl halides is 3. The summed E-state index contributed by atoms with van der Waals surface area (Å²) in [7, 11) is 1.63. The molecule has 1 heterocycles. The van der Waals surface area contributed by atoms with Gasteiger partial charge in [-0.3, -0.25) is 14.4 Å². The van der Waals surface area contributed by atoms with Crippen LogP contribution in [0.3, 0.4) is 0 Å². The molecule has 96 valence electrons. The van der Waals surface area contributed by atoms with Crippen molar-refractivity contribution in [3.05, 3.63) is 18.0 Å². The maximum absolute atomic E-state index is 12.2. The van der Waals surface area contributed by atoms with E-state index in [0.717, 1.165) is 4.90 Å². The highest BCUT2D eigenvalue weighted by molar-refractivity contribution is 5.69. The van der Waals surface area contributed by atoms with Crippen molar-refractivity contribution < 1.29 is 23.1 Å². The predicted octanol–water partition coefficient (Wildman–Crippen LogP) is 0.869. The first-order valence-electron chi connectivity index (χ1n) is 4.74. The van der Waals surface area contributed by atoms with E-state index in [9.17, 15) is 18.0 Å². The van der Waals surface area contributed by atoms with Gasteiger partial charge < -0.3 is 5.11 Å². The molecule has 1 aromatic rings. The standard InChI is InChI=1S/C9H12F3N3O2/c1-14-3-7(2-13-14)4-15(5-8(16)17)6-9(10,11)12/h2-3H,4-6H2,1H3,(H,16,17). The normalized spacial score (nSPS) is 12.1. The maximum Gasteiger partial charge on any atom is 0.401 e. The minimum Gasteiger partial charge on any atom is -0.480 e. The van der Waals surface area contributed by atoms with Crippen molar-refractivity contribution >= 4 is 5.97 Å². The molecule has 0 bridgehead atoms. The molecule has 0 aliphatic heterocycles. The van der Waals surface area contributed by atoms with Crippen LogP contribution in [0.15, 0.2) is 12.4 Å². The second-order valence-corrected chi connectivity index (χ2v) is 3.68. The SMILES string of the molecule is Cn1cc(CN(CC(=O)O)CC(F)(F)F)cn1. The Morgan fingerprint density at radius 3 is 2.65 bits per heavy atom. The van der Waals surface area contributed by atoms with Gasteiger partial charge in [-0.15, -0.1) is 0 Å². The molecule has 0 amide bonds. The molecule has 0 fully saturated rings. The average molecular weight is 251 g/mol. The molecule has 0 spiro atoms. The van der Waals surface area contributed by atoms with Crippen LogP contribution in [0.4, 0.5) is 13.2 Å². The number of aromatic nitrogens is 2. The first kappa shape index (κ1) is 13.5. The van der Waals surface area contributed by atoms with Gasteiger partial charge in [0, 0.05) is 25.4 Å². The topological polar surface area (TPSA) is 58.4 Å². The lowest BCUT2D eigenvalue weighted by atomic mass is 10.3. The molecule has 0 saturated heterocycles. The first-order chi connectivity index (χ1) is 7.76. The maximum atomic E-state index is 12.2. The van der Waals surface area contributed by atoms with Crippen molar-refractivity contribution in [3.8, 4) is 0 Å². The second kappa shape index (κ2) is 5.17. The number of aryl methyl sites for hydroxylation is 1. The van der Waals surface area contributed by atoms with Gasteiger partial charge in [0.25, 0.3) is 0 Å². The molecule has 1 rings (SSSR count). The van der Waals surface area contributed by atoms with E-state index in [1.807, 2.05) is 0 Å². The average Bonchev–Trinajstić information content (AvgIpc) is 2.46. The van der Waals surface area contributed by atoms with E-state index in [1.165, 1.54) is 10.9 Å². The number of carbonyl (C=O) groups is 1. The summed E-state index contributed by atoms with van der Waals surface area (Å²) < 4.78 is 38.1. The Balaban J connectivity index is 2.66. The summed E-state index contributed by atoms with van der Waals surface area (Å²) in [5.74, 6) is -1.29. The summed E-state index contributed by atoms with van der Waals surface area (Å²) in [6.45, 7) is -2.01. The smallest absolute Gasteiger partial charge is 0.401 e. The van der Waals surface area contributed by atoms with E-state index in [0.29, 0.717) is 5.56 Å². The van der Waals surface area contributed by atoms with Crippen LogP contribution in [-0.2, 0) is 18.4 Å². The summed E-state index contributed by atoms with van der Waals surface area (Å²) in [6, 6.07) is 0. The van der Waals surface area contributed by atoms with Crippen LogP contribution in [0.25, 0.3) is 0 Å². The summed E-state index contributed by atoms with van der Waals surface area (Å²) in [6.07, 6.45) is -1.46. The Morgan fingerprint density at radius 2 is 2.24 bits per heavy atom. The van der Waals surface area contributed by atoms with E-state index in [-0.39, 0.29) is 6.54 Å². The lowest BCUT2D eigenvalue weighted by Gasteiger charge is -2.20. The largest absolute Gasteiger partial charge is 0.480 e. The molecule has 0 aromatic carbocycles. The third-order valence-corrected chi connectivity index (χ3v) is 1.93. The molecule has 17 heavy (non-hydrogen) atoms. The third kappa shape index (κ3) is 5.34. The van der Waals surface area contributed by atoms with Crippen molar-refractivity contribution in [3.63, 3.8) is 0 Å². The number of hydrogen-bond donors (Lipinski definition) is 1. The Kier molecular flexibility index (Phi) is 4.11. The molecule has 0 atom stereocenters. The van der Waals surface area contributed by atoms with E-state index < -0.39 is 25.2 Å². The molecular weight excluding hydrogens is 239 g/mol. The zero-order chi connectivity index (χ0) is 13.1. The fourth-order valence-corrected chi connectivity index (χ4v) is 1.42. The molecule has 0 unspecified atom stereocenters. The number of rotatable bonds is 5. The summed E-state index contributed by atoms with van der Waals surface area (Å²) in [5.41, 5.74) is 0.540. The highest BCUT2D eigenvalue weighted by atomic mass is 19.4. The number of aliphatic carboxylic acids is 1. The van der Waals surface area contributed by atoms with Gasteiger partial charge >= 0.3 is 12.1 Å². The van der Waals surface area contributed by atoms with Gasteiger partial charge in [0.1, 0.15) is 0 Å². The lowest BCUT2D eigenvalue weighted by Crippen LogP contribution is -2.37. The first-order valence-corrected chi connectivity index (χ1v) is 4.74. The lowest BCUT2D eigenvalue weighted by molar-refractivity contribution is -0.154. The van der Waals surface area contributed by atoms with Gasteiger partial charge in [-0.2, -0.15) is 18.3 Å². The van der Waals surface area contributed by atoms with Gasteiger partial charge in [0.15, 0.2) is 0 Å². The number of carboxylic acid groups (broad SMARTS) is 1. The predicted molar refractivity (Wildman–Crippen MR) is 52.2 cm³/mol. The zero-order valence-corrected chi connectivity index (χ0v) is 9.11. The molecule has 0 saturated carbocycles. The molecule has 1 aromatic heterocycles. The number of halogens is 3. The van der Waals surface area contributed by atoms with Crippen LogP contribution in [0.1, 0.15) is 5.56 Å². The molecule has 5 nitrogen and oxygen atoms in total. The Bertz CT molecular complexity index is 389. The third-order valence-electron chi connectivity index (χ3n) is 1.93. The monoisotopic (exact) mass is 251 g/mol. The minimum atomic E-state index is -4.42. The number of carboxylic acids is 1. The summed E-state index contributed by atoms with van der Waals surface area (Å²) in [5, 5.41) is 12.3. The summed E-state index contributed by atoms with van der Waals surface area (Å²) in [4.78, 5) is 11.3. The zero-order valence-electron chi connectivity index (χ0n) is 9.11. The summed E-state index contributed by atoms with van der Waals surface area (Å²) >= 11 is 0. The highest BCUT2D eigenvalue weighted by Gasteiger charge is 2.31. The highest BCUT2D eigenvalue weighted by Crippen LogP contribution is 2.17. The number of hydrogen-bond acceptors (Lipinski definition) is 3. The van der Waals surface area contributed by atoms with Gasteiger partial charge in [-0.05, 0) is 0 Å². The quantitative estimate of drug-likeness (QED) is 0.843. The van der Waals surface area contributed by atoms with Crippen molar-refractivity contribution in [2.45, 2.75) is 12.7 Å². The molecular formula is C9H12F3N3O2.